The highest BCUT2D eigenvalue weighted by Gasteiger charge is 2.47. The lowest BCUT2D eigenvalue weighted by Crippen LogP contribution is -2.29. The van der Waals surface area contributed by atoms with E-state index in [1.807, 2.05) is 46.8 Å². The number of hydrogen-bond donors (Lipinski definition) is 1. The molecule has 7 nitrogen and oxygen atoms in total. The number of amides is 1. The number of aliphatic hydroxyl groups excluding tert-OH is 1. The molecule has 1 heterocycles. The second-order valence-electron chi connectivity index (χ2n) is 9.94. The first-order chi connectivity index (χ1) is 18.5. The van der Waals surface area contributed by atoms with Crippen molar-refractivity contribution in [3.05, 3.63) is 94.1 Å². The molecule has 1 aliphatic rings. The van der Waals surface area contributed by atoms with Crippen LogP contribution in [0.1, 0.15) is 67.5 Å². The normalized spacial score (nSPS) is 16.6. The van der Waals surface area contributed by atoms with Gasteiger partial charge >= 0.3 is 5.97 Å². The average molecular weight is 528 g/mol. The van der Waals surface area contributed by atoms with E-state index in [-0.39, 0.29) is 23.0 Å². The molecule has 0 aliphatic carbocycles. The monoisotopic (exact) mass is 527 g/mol. The van der Waals surface area contributed by atoms with E-state index < -0.39 is 23.7 Å². The maximum absolute atomic E-state index is 13.6. The zero-order valence-electron chi connectivity index (χ0n) is 23.1. The summed E-state index contributed by atoms with van der Waals surface area (Å²) in [5, 5.41) is 11.6. The van der Waals surface area contributed by atoms with Crippen molar-refractivity contribution < 1.29 is 29.0 Å². The standard InChI is InChI=1S/C32H33NO6/c1-7-38-27-14-12-23(17-26(27)18(2)3)30(35)28-29(22-9-8-10-25(16-22)39-21(6)34)33(32(37)31(28)36)24-13-11-19(4)20(5)15-24/h8-18,29,35H,7H2,1-6H3/b30-28+. The highest BCUT2D eigenvalue weighted by Crippen LogP contribution is 2.43. The van der Waals surface area contributed by atoms with Gasteiger partial charge in [0.1, 0.15) is 17.3 Å². The number of aliphatic hydroxyl groups is 1. The predicted octanol–water partition coefficient (Wildman–Crippen LogP) is 6.38. The molecule has 1 fully saturated rings. The minimum absolute atomic E-state index is 0.0444. The maximum atomic E-state index is 13.6. The van der Waals surface area contributed by atoms with Crippen molar-refractivity contribution in [3.8, 4) is 11.5 Å². The average Bonchev–Trinajstić information content (AvgIpc) is 3.15. The third-order valence-corrected chi connectivity index (χ3v) is 6.85. The van der Waals surface area contributed by atoms with Gasteiger partial charge in [-0.25, -0.2) is 0 Å². The van der Waals surface area contributed by atoms with Crippen LogP contribution in [0.25, 0.3) is 5.76 Å². The van der Waals surface area contributed by atoms with Gasteiger partial charge in [0.2, 0.25) is 0 Å². The van der Waals surface area contributed by atoms with Gasteiger partial charge in [-0.2, -0.15) is 0 Å². The van der Waals surface area contributed by atoms with Crippen LogP contribution in [-0.4, -0.2) is 29.4 Å². The Morgan fingerprint density at radius 3 is 2.38 bits per heavy atom. The number of Topliss-reactive ketones (excluding diaryl/α,β-unsaturated/α-hetero) is 1. The zero-order chi connectivity index (χ0) is 28.4. The molecule has 0 aromatic heterocycles. The molecule has 0 radical (unpaired) electrons. The Hall–Kier alpha value is -4.39. The number of nitrogens with zero attached hydrogens (tertiary/aromatic N) is 1. The first kappa shape index (κ1) is 27.6. The lowest BCUT2D eigenvalue weighted by Gasteiger charge is -2.26. The quantitative estimate of drug-likeness (QED) is 0.126. The lowest BCUT2D eigenvalue weighted by molar-refractivity contribution is -0.132. The van der Waals surface area contributed by atoms with Crippen LogP contribution in [0.2, 0.25) is 0 Å². The van der Waals surface area contributed by atoms with Gasteiger partial charge in [0.15, 0.2) is 0 Å². The van der Waals surface area contributed by atoms with Gasteiger partial charge in [0.25, 0.3) is 11.7 Å². The molecule has 4 rings (SSSR count). The van der Waals surface area contributed by atoms with Crippen molar-refractivity contribution in [1.29, 1.82) is 0 Å². The number of carbonyl (C=O) groups is 3. The molecule has 7 heteroatoms. The van der Waals surface area contributed by atoms with Crippen LogP contribution in [0.5, 0.6) is 11.5 Å². The fourth-order valence-corrected chi connectivity index (χ4v) is 4.79. The Morgan fingerprint density at radius 1 is 1.00 bits per heavy atom. The first-order valence-electron chi connectivity index (χ1n) is 13.0. The minimum Gasteiger partial charge on any atom is -0.507 e. The number of ketones is 1. The third-order valence-electron chi connectivity index (χ3n) is 6.85. The predicted molar refractivity (Wildman–Crippen MR) is 150 cm³/mol. The summed E-state index contributed by atoms with van der Waals surface area (Å²) in [5.41, 5.74) is 4.27. The summed E-state index contributed by atoms with van der Waals surface area (Å²) in [6.45, 7) is 11.6. The molecule has 0 saturated carbocycles. The van der Waals surface area contributed by atoms with Crippen LogP contribution in [0.15, 0.2) is 66.2 Å². The van der Waals surface area contributed by atoms with E-state index in [4.69, 9.17) is 9.47 Å². The second kappa shape index (κ2) is 11.2. The van der Waals surface area contributed by atoms with E-state index in [0.717, 1.165) is 16.7 Å². The van der Waals surface area contributed by atoms with Gasteiger partial charge < -0.3 is 14.6 Å². The van der Waals surface area contributed by atoms with E-state index >= 15 is 0 Å². The minimum atomic E-state index is -0.948. The van der Waals surface area contributed by atoms with Crippen LogP contribution < -0.4 is 14.4 Å². The number of ether oxygens (including phenoxy) is 2. The van der Waals surface area contributed by atoms with E-state index in [9.17, 15) is 19.5 Å². The molecule has 1 saturated heterocycles. The van der Waals surface area contributed by atoms with Gasteiger partial charge in [-0.15, -0.1) is 0 Å². The van der Waals surface area contributed by atoms with Gasteiger partial charge in [-0.3, -0.25) is 19.3 Å². The molecule has 202 valence electrons. The number of benzene rings is 3. The third kappa shape index (κ3) is 5.43. The lowest BCUT2D eigenvalue weighted by atomic mass is 9.93. The molecular formula is C32H33NO6. The van der Waals surface area contributed by atoms with Crippen molar-refractivity contribution in [1.82, 2.24) is 0 Å². The number of rotatable bonds is 7. The fourth-order valence-electron chi connectivity index (χ4n) is 4.79. The van der Waals surface area contributed by atoms with Crippen LogP contribution in [-0.2, 0) is 14.4 Å². The Balaban J connectivity index is 1.95. The Morgan fingerprint density at radius 2 is 1.74 bits per heavy atom. The van der Waals surface area contributed by atoms with E-state index in [2.05, 4.69) is 0 Å². The summed E-state index contributed by atoms with van der Waals surface area (Å²) in [5.74, 6) is -1.27. The molecule has 39 heavy (non-hydrogen) atoms. The zero-order valence-corrected chi connectivity index (χ0v) is 23.1. The highest BCUT2D eigenvalue weighted by atomic mass is 16.5. The van der Waals surface area contributed by atoms with Crippen molar-refractivity contribution in [2.75, 3.05) is 11.5 Å². The number of esters is 1. The summed E-state index contributed by atoms with van der Waals surface area (Å²) in [4.78, 5) is 40.1. The Labute approximate surface area is 228 Å². The molecular weight excluding hydrogens is 494 g/mol. The van der Waals surface area contributed by atoms with Crippen molar-refractivity contribution >= 4 is 29.1 Å². The molecule has 1 amide bonds. The highest BCUT2D eigenvalue weighted by molar-refractivity contribution is 6.51. The summed E-state index contributed by atoms with van der Waals surface area (Å²) >= 11 is 0. The maximum Gasteiger partial charge on any atom is 0.308 e. The van der Waals surface area contributed by atoms with Crippen LogP contribution in [0, 0.1) is 13.8 Å². The van der Waals surface area contributed by atoms with Crippen LogP contribution >= 0.6 is 0 Å². The molecule has 0 bridgehead atoms. The molecule has 0 spiro atoms. The van der Waals surface area contributed by atoms with Crippen LogP contribution in [0.4, 0.5) is 5.69 Å². The van der Waals surface area contributed by atoms with E-state index in [1.54, 1.807) is 48.5 Å². The first-order valence-corrected chi connectivity index (χ1v) is 13.0. The number of hydrogen-bond acceptors (Lipinski definition) is 6. The summed E-state index contributed by atoms with van der Waals surface area (Å²) in [6.07, 6.45) is 0. The number of aryl methyl sites for hydroxylation is 2. The van der Waals surface area contributed by atoms with Crippen molar-refractivity contribution in [2.24, 2.45) is 0 Å². The Bertz CT molecular complexity index is 1490. The summed E-state index contributed by atoms with van der Waals surface area (Å²) in [6, 6.07) is 16.5. The number of carbonyl (C=O) groups excluding carboxylic acids is 3. The fraction of sp³-hybridized carbons (Fsp3) is 0.281. The van der Waals surface area contributed by atoms with Gasteiger partial charge in [-0.05, 0) is 91.4 Å². The molecule has 1 N–H and O–H groups in total. The van der Waals surface area contributed by atoms with Crippen LogP contribution in [0.3, 0.4) is 0 Å². The van der Waals surface area contributed by atoms with Crippen molar-refractivity contribution in [2.45, 2.75) is 53.5 Å². The second-order valence-corrected chi connectivity index (χ2v) is 9.94. The summed E-state index contributed by atoms with van der Waals surface area (Å²) in [7, 11) is 0. The molecule has 1 aliphatic heterocycles. The molecule has 3 aromatic carbocycles. The Kier molecular flexibility index (Phi) is 7.90. The van der Waals surface area contributed by atoms with Gasteiger partial charge in [0, 0.05) is 18.2 Å². The largest absolute Gasteiger partial charge is 0.507 e. The van der Waals surface area contributed by atoms with Gasteiger partial charge in [0.05, 0.1) is 18.2 Å². The molecule has 1 atom stereocenters. The smallest absolute Gasteiger partial charge is 0.308 e. The number of anilines is 1. The summed E-state index contributed by atoms with van der Waals surface area (Å²) < 4.78 is 11.0. The topological polar surface area (TPSA) is 93.1 Å². The SMILES string of the molecule is CCOc1ccc(/C(O)=C2\C(=O)C(=O)N(c3ccc(C)c(C)c3)C2c2cccc(OC(C)=O)c2)cc1C(C)C. The van der Waals surface area contributed by atoms with E-state index in [1.165, 1.54) is 11.8 Å². The van der Waals surface area contributed by atoms with E-state index in [0.29, 0.717) is 29.2 Å². The van der Waals surface area contributed by atoms with Crippen molar-refractivity contribution in [3.63, 3.8) is 0 Å². The van der Waals surface area contributed by atoms with Gasteiger partial charge in [-0.1, -0.05) is 32.0 Å². The molecule has 3 aromatic rings. The molecule has 1 unspecified atom stereocenters.